The highest BCUT2D eigenvalue weighted by Crippen LogP contribution is 2.44. The van der Waals surface area contributed by atoms with E-state index < -0.39 is 0 Å². The van der Waals surface area contributed by atoms with Gasteiger partial charge in [0, 0.05) is 49.5 Å². The molecule has 0 fully saturated rings. The van der Waals surface area contributed by atoms with Crippen LogP contribution in [-0.4, -0.2) is 24.5 Å². The standard InChI is InChI=1S/C56H35N5/c1-5-17-36(18-6-1)53-52-45(33-34-50-51(52)47-27-15-16-28-49(47)61(50)40-23-11-4-12-24-40)44-30-29-39(35-48(44)57-53)41-31-32-46(43-26-14-13-25-42(41)43)56-59-54(37-19-7-2-8-20-37)58-55(60-56)38-21-9-3-10-22-38/h1-35H. The maximum atomic E-state index is 5.58. The summed E-state index contributed by atoms with van der Waals surface area (Å²) in [6.45, 7) is 0. The summed E-state index contributed by atoms with van der Waals surface area (Å²) in [5.41, 5.74) is 11.5. The molecule has 12 rings (SSSR count). The zero-order chi connectivity index (χ0) is 40.3. The number of nitrogens with zero attached hydrogens (tertiary/aromatic N) is 5. The Hall–Kier alpha value is -8.28. The molecule has 0 N–H and O–H groups in total. The second-order valence-corrected chi connectivity index (χ2v) is 15.4. The summed E-state index contributed by atoms with van der Waals surface area (Å²) in [6, 6.07) is 74.5. The molecule has 0 aliphatic heterocycles. The second kappa shape index (κ2) is 14.2. The minimum Gasteiger partial charge on any atom is -0.309 e. The Balaban J connectivity index is 1.07. The van der Waals surface area contributed by atoms with Crippen LogP contribution in [0.5, 0.6) is 0 Å². The molecular weight excluding hydrogens is 743 g/mol. The van der Waals surface area contributed by atoms with Crippen molar-refractivity contribution in [2.75, 3.05) is 0 Å². The van der Waals surface area contributed by atoms with Gasteiger partial charge >= 0.3 is 0 Å². The van der Waals surface area contributed by atoms with Crippen molar-refractivity contribution in [2.45, 2.75) is 0 Å². The van der Waals surface area contributed by atoms with Gasteiger partial charge in [-0.25, -0.2) is 19.9 Å². The van der Waals surface area contributed by atoms with Crippen molar-refractivity contribution in [3.8, 4) is 62.2 Å². The van der Waals surface area contributed by atoms with Gasteiger partial charge in [0.25, 0.3) is 0 Å². The van der Waals surface area contributed by atoms with Crippen LogP contribution in [0.25, 0.3) is 116 Å². The number of aromatic nitrogens is 5. The van der Waals surface area contributed by atoms with Crippen LogP contribution in [0.3, 0.4) is 0 Å². The number of pyridine rings is 1. The molecule has 3 aromatic heterocycles. The highest BCUT2D eigenvalue weighted by Gasteiger charge is 2.21. The highest BCUT2D eigenvalue weighted by atomic mass is 15.0. The van der Waals surface area contributed by atoms with Crippen LogP contribution >= 0.6 is 0 Å². The molecule has 284 valence electrons. The van der Waals surface area contributed by atoms with Gasteiger partial charge in [-0.3, -0.25) is 0 Å². The molecule has 0 spiro atoms. The lowest BCUT2D eigenvalue weighted by molar-refractivity contribution is 1.08. The van der Waals surface area contributed by atoms with Crippen LogP contribution in [0.15, 0.2) is 212 Å². The molecule has 9 aromatic carbocycles. The van der Waals surface area contributed by atoms with E-state index in [2.05, 4.69) is 156 Å². The Morgan fingerprint density at radius 1 is 0.295 bits per heavy atom. The SMILES string of the molecule is c1ccc(-c2nc(-c3ccccc3)nc(-c3ccc(-c4ccc5c(c4)nc(-c4ccccc4)c4c5ccc5c4c4ccccc4n5-c4ccccc4)c4ccccc34)n2)cc1. The molecule has 0 unspecified atom stereocenters. The number of fused-ring (bicyclic) bond motifs is 8. The topological polar surface area (TPSA) is 56.5 Å². The monoisotopic (exact) mass is 777 g/mol. The molecule has 0 aliphatic carbocycles. The molecule has 0 saturated carbocycles. The first-order valence-corrected chi connectivity index (χ1v) is 20.6. The summed E-state index contributed by atoms with van der Waals surface area (Å²) in [4.78, 5) is 20.7. The number of benzene rings is 9. The zero-order valence-corrected chi connectivity index (χ0v) is 32.9. The molecule has 5 nitrogen and oxygen atoms in total. The predicted molar refractivity (Wildman–Crippen MR) is 252 cm³/mol. The van der Waals surface area contributed by atoms with Crippen LogP contribution < -0.4 is 0 Å². The van der Waals surface area contributed by atoms with E-state index in [-0.39, 0.29) is 0 Å². The number of rotatable bonds is 6. The Morgan fingerprint density at radius 2 is 0.820 bits per heavy atom. The van der Waals surface area contributed by atoms with Gasteiger partial charge < -0.3 is 4.57 Å². The van der Waals surface area contributed by atoms with Crippen LogP contribution in [0.4, 0.5) is 0 Å². The summed E-state index contributed by atoms with van der Waals surface area (Å²) >= 11 is 0. The number of para-hydroxylation sites is 2. The van der Waals surface area contributed by atoms with Crippen LogP contribution in [0.1, 0.15) is 0 Å². The predicted octanol–water partition coefficient (Wildman–Crippen LogP) is 14.2. The van der Waals surface area contributed by atoms with Gasteiger partial charge in [0.15, 0.2) is 17.5 Å². The van der Waals surface area contributed by atoms with Crippen LogP contribution in [0.2, 0.25) is 0 Å². The second-order valence-electron chi connectivity index (χ2n) is 15.4. The molecule has 0 saturated heterocycles. The van der Waals surface area contributed by atoms with E-state index in [4.69, 9.17) is 19.9 Å². The quantitative estimate of drug-likeness (QED) is 0.158. The van der Waals surface area contributed by atoms with Crippen molar-refractivity contribution in [1.82, 2.24) is 24.5 Å². The van der Waals surface area contributed by atoms with Crippen LogP contribution in [-0.2, 0) is 0 Å². The fourth-order valence-electron chi connectivity index (χ4n) is 9.06. The third kappa shape index (κ3) is 5.78. The van der Waals surface area contributed by atoms with Gasteiger partial charge in [-0.1, -0.05) is 176 Å². The Morgan fingerprint density at radius 3 is 1.49 bits per heavy atom. The lowest BCUT2D eigenvalue weighted by Crippen LogP contribution is -2.00. The first kappa shape index (κ1) is 34.7. The number of hydrogen-bond acceptors (Lipinski definition) is 4. The van der Waals surface area contributed by atoms with Crippen molar-refractivity contribution in [1.29, 1.82) is 0 Å². The average Bonchev–Trinajstić information content (AvgIpc) is 3.69. The maximum Gasteiger partial charge on any atom is 0.164 e. The van der Waals surface area contributed by atoms with E-state index >= 15 is 0 Å². The van der Waals surface area contributed by atoms with Crippen molar-refractivity contribution in [2.24, 2.45) is 0 Å². The Kier molecular flexibility index (Phi) is 8.10. The van der Waals surface area contributed by atoms with E-state index in [1.54, 1.807) is 0 Å². The van der Waals surface area contributed by atoms with E-state index in [0.29, 0.717) is 17.5 Å². The molecule has 12 aromatic rings. The normalized spacial score (nSPS) is 11.6. The fourth-order valence-corrected chi connectivity index (χ4v) is 9.06. The van der Waals surface area contributed by atoms with Crippen LogP contribution in [0, 0.1) is 0 Å². The van der Waals surface area contributed by atoms with Gasteiger partial charge in [-0.05, 0) is 63.7 Å². The van der Waals surface area contributed by atoms with Gasteiger partial charge in [0.05, 0.1) is 22.2 Å². The first-order chi connectivity index (χ1) is 30.3. The lowest BCUT2D eigenvalue weighted by Gasteiger charge is -2.15. The molecule has 0 bridgehead atoms. The molecule has 0 atom stereocenters. The summed E-state index contributed by atoms with van der Waals surface area (Å²) in [7, 11) is 0. The summed E-state index contributed by atoms with van der Waals surface area (Å²) in [5.74, 6) is 1.91. The highest BCUT2D eigenvalue weighted by molar-refractivity contribution is 6.28. The summed E-state index contributed by atoms with van der Waals surface area (Å²) < 4.78 is 2.38. The van der Waals surface area contributed by atoms with Gasteiger partial charge in [0.1, 0.15) is 0 Å². The third-order valence-corrected chi connectivity index (χ3v) is 11.8. The molecule has 5 heteroatoms. The summed E-state index contributed by atoms with van der Waals surface area (Å²) in [5, 5.41) is 8.05. The van der Waals surface area contributed by atoms with Gasteiger partial charge in [-0.15, -0.1) is 0 Å². The molecule has 61 heavy (non-hydrogen) atoms. The smallest absolute Gasteiger partial charge is 0.164 e. The van der Waals surface area contributed by atoms with E-state index in [1.807, 2.05) is 60.7 Å². The summed E-state index contributed by atoms with van der Waals surface area (Å²) in [6.07, 6.45) is 0. The maximum absolute atomic E-state index is 5.58. The van der Waals surface area contributed by atoms with Crippen molar-refractivity contribution >= 4 is 54.3 Å². The molecule has 0 radical (unpaired) electrons. The first-order valence-electron chi connectivity index (χ1n) is 20.6. The zero-order valence-electron chi connectivity index (χ0n) is 32.9. The molecular formula is C56H35N5. The van der Waals surface area contributed by atoms with Crippen molar-refractivity contribution in [3.63, 3.8) is 0 Å². The number of hydrogen-bond donors (Lipinski definition) is 0. The Labute approximate surface area is 351 Å². The average molecular weight is 778 g/mol. The largest absolute Gasteiger partial charge is 0.309 e. The van der Waals surface area contributed by atoms with Crippen molar-refractivity contribution in [3.05, 3.63) is 212 Å². The Bertz CT molecular complexity index is 3560. The van der Waals surface area contributed by atoms with Gasteiger partial charge in [-0.2, -0.15) is 0 Å². The molecule has 0 amide bonds. The fraction of sp³-hybridized carbons (Fsp3) is 0. The van der Waals surface area contributed by atoms with E-state index in [9.17, 15) is 0 Å². The lowest BCUT2D eigenvalue weighted by atomic mass is 9.92. The third-order valence-electron chi connectivity index (χ3n) is 11.8. The molecule has 0 aliphatic rings. The van der Waals surface area contributed by atoms with Crippen molar-refractivity contribution < 1.29 is 0 Å². The minimum absolute atomic E-state index is 0.634. The molecule has 3 heterocycles. The van der Waals surface area contributed by atoms with E-state index in [0.717, 1.165) is 77.3 Å². The van der Waals surface area contributed by atoms with Gasteiger partial charge in [0.2, 0.25) is 0 Å². The minimum atomic E-state index is 0.634. The van der Waals surface area contributed by atoms with E-state index in [1.165, 1.54) is 21.7 Å².